The topological polar surface area (TPSA) is 76.6 Å². The van der Waals surface area contributed by atoms with Crippen molar-refractivity contribution >= 4 is 16.8 Å². The van der Waals surface area contributed by atoms with E-state index in [4.69, 9.17) is 9.72 Å². The van der Waals surface area contributed by atoms with Crippen LogP contribution in [0.15, 0.2) is 37.0 Å². The van der Waals surface area contributed by atoms with Crippen LogP contribution in [-0.2, 0) is 4.74 Å². The first-order chi connectivity index (χ1) is 12.2. The molecule has 3 aromatic rings. The molecule has 0 N–H and O–H groups in total. The number of benzene rings is 1. The van der Waals surface area contributed by atoms with E-state index in [0.717, 1.165) is 35.3 Å². The molecular formula is C19H17N5O. The van der Waals surface area contributed by atoms with E-state index >= 15 is 0 Å². The van der Waals surface area contributed by atoms with E-state index < -0.39 is 0 Å². The summed E-state index contributed by atoms with van der Waals surface area (Å²) in [5.41, 5.74) is 3.97. The maximum Gasteiger partial charge on any atom is 0.143 e. The Morgan fingerprint density at radius 1 is 1.40 bits per heavy atom. The molecule has 1 aromatic carbocycles. The van der Waals surface area contributed by atoms with Crippen LogP contribution in [0, 0.1) is 11.3 Å². The number of ether oxygens (including phenoxy) is 1. The second-order valence-electron chi connectivity index (χ2n) is 6.04. The van der Waals surface area contributed by atoms with Crippen LogP contribution in [-0.4, -0.2) is 26.4 Å². The third-order valence-corrected chi connectivity index (χ3v) is 4.25. The third kappa shape index (κ3) is 2.74. The zero-order valence-corrected chi connectivity index (χ0v) is 13.9. The van der Waals surface area contributed by atoms with Gasteiger partial charge in [-0.2, -0.15) is 10.4 Å². The molecule has 1 fully saturated rings. The molecule has 4 rings (SSSR count). The smallest absolute Gasteiger partial charge is 0.143 e. The van der Waals surface area contributed by atoms with E-state index in [1.54, 1.807) is 12.3 Å². The van der Waals surface area contributed by atoms with Gasteiger partial charge in [-0.1, -0.05) is 6.58 Å². The minimum atomic E-state index is 0.417. The quantitative estimate of drug-likeness (QED) is 0.666. The highest BCUT2D eigenvalue weighted by atomic mass is 16.5. The van der Waals surface area contributed by atoms with E-state index in [2.05, 4.69) is 27.4 Å². The highest BCUT2D eigenvalue weighted by Gasteiger charge is 2.29. The van der Waals surface area contributed by atoms with Crippen molar-refractivity contribution in [3.8, 4) is 17.5 Å². The van der Waals surface area contributed by atoms with Crippen LogP contribution in [0.5, 0.6) is 0 Å². The number of nitriles is 1. The molecule has 2 heterocycles. The van der Waals surface area contributed by atoms with Crippen molar-refractivity contribution in [2.75, 3.05) is 6.61 Å². The number of imidazole rings is 1. The van der Waals surface area contributed by atoms with Gasteiger partial charge >= 0.3 is 0 Å². The summed E-state index contributed by atoms with van der Waals surface area (Å²) >= 11 is 0. The number of hydrogen-bond acceptors (Lipinski definition) is 5. The molecule has 0 aliphatic heterocycles. The number of nitrogens with zero attached hydrogens (tertiary/aromatic N) is 5. The van der Waals surface area contributed by atoms with Gasteiger partial charge in [-0.15, -0.1) is 5.10 Å². The Hall–Kier alpha value is -3.20. The van der Waals surface area contributed by atoms with Crippen molar-refractivity contribution < 1.29 is 4.74 Å². The first-order valence-electron chi connectivity index (χ1n) is 8.28. The fourth-order valence-corrected chi connectivity index (χ4v) is 2.94. The molecule has 0 atom stereocenters. The molecule has 124 valence electrons. The number of fused-ring (bicyclic) bond motifs is 1. The lowest BCUT2D eigenvalue weighted by Gasteiger charge is -2.09. The Labute approximate surface area is 145 Å². The average Bonchev–Trinajstić information content (AvgIpc) is 3.41. The summed E-state index contributed by atoms with van der Waals surface area (Å²) in [6.07, 6.45) is 3.94. The summed E-state index contributed by atoms with van der Waals surface area (Å²) in [6, 6.07) is 10.1. The molecule has 25 heavy (non-hydrogen) atoms. The van der Waals surface area contributed by atoms with Gasteiger partial charge in [-0.3, -0.25) is 0 Å². The van der Waals surface area contributed by atoms with Crippen LogP contribution in [0.25, 0.3) is 28.2 Å². The standard InChI is InChI=1S/C19H17N5O/c1-3-25-12(2)17-9-14(11-21-23-17)19-22-16-7-4-13(10-20)8-18(16)24(19)15-5-6-15/h4,7-9,11,15H,2-3,5-6H2,1H3. The second-order valence-corrected chi connectivity index (χ2v) is 6.04. The van der Waals surface area contributed by atoms with Gasteiger partial charge in [-0.05, 0) is 44.0 Å². The van der Waals surface area contributed by atoms with Gasteiger partial charge in [-0.25, -0.2) is 4.98 Å². The fraction of sp³-hybridized carbons (Fsp3) is 0.263. The first-order valence-corrected chi connectivity index (χ1v) is 8.28. The Bertz CT molecular complexity index is 1010. The second kappa shape index (κ2) is 6.02. The van der Waals surface area contributed by atoms with Gasteiger partial charge in [0.15, 0.2) is 0 Å². The van der Waals surface area contributed by atoms with E-state index in [0.29, 0.717) is 29.7 Å². The van der Waals surface area contributed by atoms with Crippen molar-refractivity contribution in [3.63, 3.8) is 0 Å². The van der Waals surface area contributed by atoms with Crippen LogP contribution in [0.4, 0.5) is 0 Å². The summed E-state index contributed by atoms with van der Waals surface area (Å²) in [4.78, 5) is 4.78. The summed E-state index contributed by atoms with van der Waals surface area (Å²) in [5, 5.41) is 17.4. The van der Waals surface area contributed by atoms with Crippen LogP contribution < -0.4 is 0 Å². The van der Waals surface area contributed by atoms with Crippen molar-refractivity contribution in [3.05, 3.63) is 48.3 Å². The fourth-order valence-electron chi connectivity index (χ4n) is 2.94. The van der Waals surface area contributed by atoms with Gasteiger partial charge < -0.3 is 9.30 Å². The van der Waals surface area contributed by atoms with Crippen molar-refractivity contribution in [2.24, 2.45) is 0 Å². The molecule has 6 nitrogen and oxygen atoms in total. The molecule has 0 saturated heterocycles. The Morgan fingerprint density at radius 3 is 2.96 bits per heavy atom. The minimum Gasteiger partial charge on any atom is -0.492 e. The number of aromatic nitrogens is 4. The molecule has 0 bridgehead atoms. The molecular weight excluding hydrogens is 314 g/mol. The lowest BCUT2D eigenvalue weighted by molar-refractivity contribution is 0.297. The van der Waals surface area contributed by atoms with Gasteiger partial charge in [0.25, 0.3) is 0 Å². The summed E-state index contributed by atoms with van der Waals surface area (Å²) < 4.78 is 7.65. The maximum absolute atomic E-state index is 9.19. The van der Waals surface area contributed by atoms with Crippen molar-refractivity contribution in [2.45, 2.75) is 25.8 Å². The molecule has 2 aromatic heterocycles. The molecule has 0 spiro atoms. The Morgan fingerprint density at radius 2 is 2.24 bits per heavy atom. The van der Waals surface area contributed by atoms with Gasteiger partial charge in [0.1, 0.15) is 17.3 Å². The van der Waals surface area contributed by atoms with Crippen LogP contribution in [0.2, 0.25) is 0 Å². The van der Waals surface area contributed by atoms with Gasteiger partial charge in [0.2, 0.25) is 0 Å². The summed E-state index contributed by atoms with van der Waals surface area (Å²) in [7, 11) is 0. The van der Waals surface area contributed by atoms with Crippen molar-refractivity contribution in [1.29, 1.82) is 5.26 Å². The highest BCUT2D eigenvalue weighted by Crippen LogP contribution is 2.41. The summed E-state index contributed by atoms with van der Waals surface area (Å²) in [6.45, 7) is 6.33. The molecule has 1 saturated carbocycles. The Balaban J connectivity index is 1.87. The van der Waals surface area contributed by atoms with E-state index in [-0.39, 0.29) is 0 Å². The monoisotopic (exact) mass is 331 g/mol. The lowest BCUT2D eigenvalue weighted by atomic mass is 10.2. The predicted molar refractivity (Wildman–Crippen MR) is 94.4 cm³/mol. The van der Waals surface area contributed by atoms with E-state index in [1.807, 2.05) is 25.1 Å². The average molecular weight is 331 g/mol. The Kier molecular flexibility index (Phi) is 3.69. The predicted octanol–water partition coefficient (Wildman–Crippen LogP) is 3.71. The molecule has 0 radical (unpaired) electrons. The first kappa shape index (κ1) is 15.3. The zero-order chi connectivity index (χ0) is 17.4. The van der Waals surface area contributed by atoms with Crippen molar-refractivity contribution in [1.82, 2.24) is 19.7 Å². The SMILES string of the molecule is C=C(OCC)c1cc(-c2nc3ccc(C#N)cc3n2C2CC2)cnn1. The summed E-state index contributed by atoms with van der Waals surface area (Å²) in [5.74, 6) is 1.34. The van der Waals surface area contributed by atoms with Crippen LogP contribution in [0.1, 0.15) is 37.1 Å². The molecule has 1 aliphatic rings. The van der Waals surface area contributed by atoms with Crippen LogP contribution in [0.3, 0.4) is 0 Å². The van der Waals surface area contributed by atoms with Crippen LogP contribution >= 0.6 is 0 Å². The normalized spacial score (nSPS) is 13.6. The van der Waals surface area contributed by atoms with Gasteiger partial charge in [0.05, 0.1) is 35.5 Å². The third-order valence-electron chi connectivity index (χ3n) is 4.25. The molecule has 0 unspecified atom stereocenters. The molecule has 6 heteroatoms. The molecule has 0 amide bonds. The lowest BCUT2D eigenvalue weighted by Crippen LogP contribution is -2.01. The van der Waals surface area contributed by atoms with E-state index in [1.165, 1.54) is 0 Å². The van der Waals surface area contributed by atoms with Gasteiger partial charge in [0, 0.05) is 11.6 Å². The molecule has 1 aliphatic carbocycles. The number of rotatable bonds is 5. The highest BCUT2D eigenvalue weighted by molar-refractivity contribution is 5.82. The maximum atomic E-state index is 9.19. The zero-order valence-electron chi connectivity index (χ0n) is 13.9. The minimum absolute atomic E-state index is 0.417. The largest absolute Gasteiger partial charge is 0.492 e. The van der Waals surface area contributed by atoms with E-state index in [9.17, 15) is 5.26 Å². The number of hydrogen-bond donors (Lipinski definition) is 0.